The van der Waals surface area contributed by atoms with Gasteiger partial charge in [-0.1, -0.05) is 37.3 Å². The summed E-state index contributed by atoms with van der Waals surface area (Å²) in [7, 11) is 1.80. The third-order valence-corrected chi connectivity index (χ3v) is 4.17. The van der Waals surface area contributed by atoms with E-state index in [-0.39, 0.29) is 0 Å². The van der Waals surface area contributed by atoms with E-state index in [0.29, 0.717) is 19.1 Å². The summed E-state index contributed by atoms with van der Waals surface area (Å²) >= 11 is 0. The molecule has 0 bridgehead atoms. The Kier molecular flexibility index (Phi) is 9.33. The van der Waals surface area contributed by atoms with Crippen molar-refractivity contribution in [2.75, 3.05) is 59.6 Å². The van der Waals surface area contributed by atoms with Crippen molar-refractivity contribution in [3.05, 3.63) is 35.9 Å². The van der Waals surface area contributed by atoms with E-state index < -0.39 is 0 Å². The van der Waals surface area contributed by atoms with Gasteiger partial charge >= 0.3 is 0 Å². The number of hydrogen-bond donors (Lipinski definition) is 2. The summed E-state index contributed by atoms with van der Waals surface area (Å²) in [4.78, 5) is 6.73. The molecule has 0 aromatic heterocycles. The van der Waals surface area contributed by atoms with Gasteiger partial charge in [0, 0.05) is 39.8 Å². The first kappa shape index (κ1) is 19.7. The maximum atomic E-state index is 5.68. The van der Waals surface area contributed by atoms with E-state index in [2.05, 4.69) is 39.6 Å². The Morgan fingerprint density at radius 3 is 2.72 bits per heavy atom. The molecule has 1 saturated heterocycles. The van der Waals surface area contributed by atoms with Crippen LogP contribution in [0.4, 0.5) is 0 Å². The zero-order chi connectivity index (χ0) is 17.7. The van der Waals surface area contributed by atoms with Crippen molar-refractivity contribution in [1.29, 1.82) is 0 Å². The van der Waals surface area contributed by atoms with Crippen molar-refractivity contribution < 1.29 is 9.47 Å². The highest BCUT2D eigenvalue weighted by Gasteiger charge is 2.13. The summed E-state index contributed by atoms with van der Waals surface area (Å²) in [6, 6.07) is 10.2. The maximum absolute atomic E-state index is 5.68. The Balaban J connectivity index is 1.54. The van der Waals surface area contributed by atoms with Crippen LogP contribution >= 0.6 is 0 Å². The fraction of sp³-hybridized carbons (Fsp3) is 0.632. The number of nitrogens with zero attached hydrogens (tertiary/aromatic N) is 2. The Morgan fingerprint density at radius 1 is 1.24 bits per heavy atom. The lowest BCUT2D eigenvalue weighted by atomic mass is 10.1. The predicted molar refractivity (Wildman–Crippen MR) is 102 cm³/mol. The molecule has 1 aliphatic rings. The van der Waals surface area contributed by atoms with Crippen LogP contribution in [0.25, 0.3) is 0 Å². The second-order valence-electron chi connectivity index (χ2n) is 6.44. The zero-order valence-corrected chi connectivity index (χ0v) is 15.5. The second-order valence-corrected chi connectivity index (χ2v) is 6.44. The molecule has 1 atom stereocenters. The lowest BCUT2D eigenvalue weighted by Gasteiger charge is -2.29. The SMILES string of the molecule is CN=C(NCCOCc1ccccc1)NCC(C)CN1CCOCC1. The number of aliphatic imine (C=N–C) groups is 1. The van der Waals surface area contributed by atoms with Crippen LogP contribution in [0, 0.1) is 5.92 Å². The van der Waals surface area contributed by atoms with E-state index in [1.165, 1.54) is 5.56 Å². The topological polar surface area (TPSA) is 58.1 Å². The lowest BCUT2D eigenvalue weighted by molar-refractivity contribution is 0.0320. The Bertz CT molecular complexity index is 489. The van der Waals surface area contributed by atoms with E-state index in [1.807, 2.05) is 18.2 Å². The van der Waals surface area contributed by atoms with Gasteiger partial charge in [0.1, 0.15) is 0 Å². The van der Waals surface area contributed by atoms with E-state index >= 15 is 0 Å². The summed E-state index contributed by atoms with van der Waals surface area (Å²) in [5.41, 5.74) is 1.20. The van der Waals surface area contributed by atoms with Crippen molar-refractivity contribution in [2.45, 2.75) is 13.5 Å². The fourth-order valence-corrected chi connectivity index (χ4v) is 2.79. The first-order valence-corrected chi connectivity index (χ1v) is 9.14. The van der Waals surface area contributed by atoms with Gasteiger partial charge in [-0.05, 0) is 11.5 Å². The summed E-state index contributed by atoms with van der Waals surface area (Å²) in [6.07, 6.45) is 0. The number of benzene rings is 1. The molecule has 6 heteroatoms. The standard InChI is InChI=1S/C19H32N4O2/c1-17(15-23-9-12-24-13-10-23)14-22-19(20-2)21-8-11-25-16-18-6-4-3-5-7-18/h3-7,17H,8-16H2,1-2H3,(H2,20,21,22). The molecule has 0 amide bonds. The highest BCUT2D eigenvalue weighted by Crippen LogP contribution is 2.02. The molecule has 0 radical (unpaired) electrons. The summed E-state index contributed by atoms with van der Waals surface area (Å²) in [5.74, 6) is 1.39. The molecule has 1 aromatic rings. The van der Waals surface area contributed by atoms with Crippen LogP contribution in [0.5, 0.6) is 0 Å². The predicted octanol–water partition coefficient (Wildman–Crippen LogP) is 1.34. The molecule has 25 heavy (non-hydrogen) atoms. The molecule has 2 rings (SSSR count). The Labute approximate surface area is 151 Å². The van der Waals surface area contributed by atoms with Crippen LogP contribution < -0.4 is 10.6 Å². The van der Waals surface area contributed by atoms with E-state index in [0.717, 1.165) is 51.9 Å². The third kappa shape index (κ3) is 8.34. The smallest absolute Gasteiger partial charge is 0.191 e. The van der Waals surface area contributed by atoms with Gasteiger partial charge in [-0.25, -0.2) is 0 Å². The molecule has 0 spiro atoms. The van der Waals surface area contributed by atoms with Crippen molar-refractivity contribution in [3.8, 4) is 0 Å². The highest BCUT2D eigenvalue weighted by molar-refractivity contribution is 5.79. The quantitative estimate of drug-likeness (QED) is 0.401. The Morgan fingerprint density at radius 2 is 2.00 bits per heavy atom. The average Bonchev–Trinajstić information content (AvgIpc) is 2.65. The molecule has 6 nitrogen and oxygen atoms in total. The summed E-state index contributed by atoms with van der Waals surface area (Å²) < 4.78 is 11.1. The number of morpholine rings is 1. The average molecular weight is 348 g/mol. The third-order valence-electron chi connectivity index (χ3n) is 4.17. The fourth-order valence-electron chi connectivity index (χ4n) is 2.79. The van der Waals surface area contributed by atoms with Gasteiger partial charge < -0.3 is 20.1 Å². The lowest BCUT2D eigenvalue weighted by Crippen LogP contribution is -2.44. The van der Waals surface area contributed by atoms with E-state index in [4.69, 9.17) is 9.47 Å². The van der Waals surface area contributed by atoms with Gasteiger partial charge in [0.2, 0.25) is 0 Å². The van der Waals surface area contributed by atoms with Gasteiger partial charge in [0.05, 0.1) is 26.4 Å². The van der Waals surface area contributed by atoms with Gasteiger partial charge in [-0.15, -0.1) is 0 Å². The monoisotopic (exact) mass is 348 g/mol. The molecule has 0 saturated carbocycles. The molecular weight excluding hydrogens is 316 g/mol. The number of ether oxygens (including phenoxy) is 2. The zero-order valence-electron chi connectivity index (χ0n) is 15.5. The van der Waals surface area contributed by atoms with Crippen molar-refractivity contribution in [1.82, 2.24) is 15.5 Å². The molecule has 1 fully saturated rings. The number of guanidine groups is 1. The number of nitrogens with one attached hydrogen (secondary N) is 2. The minimum absolute atomic E-state index is 0.561. The molecule has 1 aromatic carbocycles. The first-order chi connectivity index (χ1) is 12.3. The van der Waals surface area contributed by atoms with E-state index in [9.17, 15) is 0 Å². The maximum Gasteiger partial charge on any atom is 0.191 e. The number of hydrogen-bond acceptors (Lipinski definition) is 4. The van der Waals surface area contributed by atoms with Crippen LogP contribution in [0.2, 0.25) is 0 Å². The van der Waals surface area contributed by atoms with Crippen LogP contribution in [-0.4, -0.2) is 70.5 Å². The molecule has 1 unspecified atom stereocenters. The van der Waals surface area contributed by atoms with Crippen molar-refractivity contribution in [2.24, 2.45) is 10.9 Å². The van der Waals surface area contributed by atoms with Crippen molar-refractivity contribution in [3.63, 3.8) is 0 Å². The van der Waals surface area contributed by atoms with Crippen LogP contribution in [0.15, 0.2) is 35.3 Å². The summed E-state index contributed by atoms with van der Waals surface area (Å²) in [5, 5.41) is 6.69. The van der Waals surface area contributed by atoms with Crippen LogP contribution in [0.1, 0.15) is 12.5 Å². The normalized spacial score (nSPS) is 17.3. The highest BCUT2D eigenvalue weighted by atomic mass is 16.5. The number of rotatable bonds is 9. The van der Waals surface area contributed by atoms with Crippen LogP contribution in [-0.2, 0) is 16.1 Å². The molecule has 2 N–H and O–H groups in total. The minimum atomic E-state index is 0.561. The van der Waals surface area contributed by atoms with Gasteiger partial charge in [0.25, 0.3) is 0 Å². The minimum Gasteiger partial charge on any atom is -0.379 e. The molecule has 0 aliphatic carbocycles. The van der Waals surface area contributed by atoms with E-state index in [1.54, 1.807) is 7.05 Å². The molecular formula is C19H32N4O2. The van der Waals surface area contributed by atoms with Crippen LogP contribution in [0.3, 0.4) is 0 Å². The van der Waals surface area contributed by atoms with Gasteiger partial charge in [-0.2, -0.15) is 0 Å². The molecule has 140 valence electrons. The summed E-state index contributed by atoms with van der Waals surface area (Å²) in [6.45, 7) is 10.1. The van der Waals surface area contributed by atoms with Crippen molar-refractivity contribution >= 4 is 5.96 Å². The first-order valence-electron chi connectivity index (χ1n) is 9.14. The molecule has 1 aliphatic heterocycles. The van der Waals surface area contributed by atoms with Gasteiger partial charge in [-0.3, -0.25) is 9.89 Å². The van der Waals surface area contributed by atoms with Gasteiger partial charge in [0.15, 0.2) is 5.96 Å². The second kappa shape index (κ2) is 11.8. The molecule has 1 heterocycles. The Hall–Kier alpha value is -1.63. The largest absolute Gasteiger partial charge is 0.379 e.